The van der Waals surface area contributed by atoms with Gasteiger partial charge in [0.15, 0.2) is 0 Å². The van der Waals surface area contributed by atoms with Gasteiger partial charge in [-0.25, -0.2) is 19.6 Å². The van der Waals surface area contributed by atoms with Crippen molar-refractivity contribution in [1.29, 1.82) is 0 Å². The summed E-state index contributed by atoms with van der Waals surface area (Å²) >= 11 is 0. The minimum Gasteiger partial charge on any atom is -0.230 e. The largest absolute Gasteiger partial charge is 0.230 e. The molecule has 0 aliphatic heterocycles. The summed E-state index contributed by atoms with van der Waals surface area (Å²) < 4.78 is 0. The monoisotopic (exact) mass is 526 g/mol. The van der Waals surface area contributed by atoms with Crippen molar-refractivity contribution in [1.82, 2.24) is 0 Å². The van der Waals surface area contributed by atoms with Gasteiger partial charge in [0.2, 0.25) is 0 Å². The SMILES string of the molecule is CC(C)(C)CC(C)(OOC(C)(C)CCC(C)(C)OOC(C)(CC(C)(C)C)c1ccccc1)c1ccccc1. The maximum absolute atomic E-state index is 6.28. The minimum atomic E-state index is -0.559. The van der Waals surface area contributed by atoms with Crippen LogP contribution >= 0.6 is 0 Å². The summed E-state index contributed by atoms with van der Waals surface area (Å²) in [5, 5.41) is 0. The van der Waals surface area contributed by atoms with E-state index in [9.17, 15) is 0 Å². The average molecular weight is 527 g/mol. The van der Waals surface area contributed by atoms with Gasteiger partial charge >= 0.3 is 0 Å². The van der Waals surface area contributed by atoms with Gasteiger partial charge < -0.3 is 0 Å². The van der Waals surface area contributed by atoms with Crippen LogP contribution in [0.5, 0.6) is 0 Å². The fraction of sp³-hybridized carbons (Fsp3) is 0.647. The first-order valence-corrected chi connectivity index (χ1v) is 14.1. The van der Waals surface area contributed by atoms with E-state index in [0.717, 1.165) is 36.8 Å². The molecule has 0 fully saturated rings. The Kier molecular flexibility index (Phi) is 10.4. The van der Waals surface area contributed by atoms with Crippen LogP contribution in [0, 0.1) is 10.8 Å². The van der Waals surface area contributed by atoms with E-state index in [4.69, 9.17) is 19.6 Å². The van der Waals surface area contributed by atoms with E-state index in [0.29, 0.717) is 0 Å². The first-order valence-electron chi connectivity index (χ1n) is 14.1. The summed E-state index contributed by atoms with van der Waals surface area (Å²) in [5.74, 6) is 0. The quantitative estimate of drug-likeness (QED) is 0.192. The van der Waals surface area contributed by atoms with Gasteiger partial charge in [-0.2, -0.15) is 0 Å². The summed E-state index contributed by atoms with van der Waals surface area (Å²) in [6.07, 6.45) is 3.14. The van der Waals surface area contributed by atoms with Crippen LogP contribution in [0.4, 0.5) is 0 Å². The smallest absolute Gasteiger partial charge is 0.126 e. The molecule has 2 atom stereocenters. The Hall–Kier alpha value is -1.72. The lowest BCUT2D eigenvalue weighted by molar-refractivity contribution is -0.425. The molecule has 0 bridgehead atoms. The van der Waals surface area contributed by atoms with Crippen molar-refractivity contribution in [2.24, 2.45) is 10.8 Å². The van der Waals surface area contributed by atoms with E-state index in [-0.39, 0.29) is 10.8 Å². The first-order chi connectivity index (χ1) is 17.2. The Morgan fingerprint density at radius 2 is 0.711 bits per heavy atom. The Morgan fingerprint density at radius 1 is 0.421 bits per heavy atom. The molecule has 0 spiro atoms. The van der Waals surface area contributed by atoms with Crippen LogP contribution in [0.1, 0.15) is 120 Å². The molecule has 2 aromatic rings. The molecule has 0 aromatic heterocycles. The van der Waals surface area contributed by atoms with Gasteiger partial charge in [0, 0.05) is 0 Å². The lowest BCUT2D eigenvalue weighted by Gasteiger charge is -2.39. The van der Waals surface area contributed by atoms with Gasteiger partial charge in [-0.05, 0) is 89.2 Å². The molecule has 2 aromatic carbocycles. The van der Waals surface area contributed by atoms with E-state index in [2.05, 4.69) is 107 Å². The molecule has 0 heterocycles. The number of hydrogen-bond acceptors (Lipinski definition) is 4. The Balaban J connectivity index is 2.06. The lowest BCUT2D eigenvalue weighted by Crippen LogP contribution is -2.38. The Labute approximate surface area is 233 Å². The fourth-order valence-corrected chi connectivity index (χ4v) is 5.06. The number of benzene rings is 2. The fourth-order valence-electron chi connectivity index (χ4n) is 5.06. The maximum atomic E-state index is 6.28. The van der Waals surface area contributed by atoms with Gasteiger partial charge in [-0.1, -0.05) is 102 Å². The first kappa shape index (κ1) is 32.5. The normalized spacial score (nSPS) is 16.6. The molecule has 214 valence electrons. The topological polar surface area (TPSA) is 36.9 Å². The van der Waals surface area contributed by atoms with Crippen molar-refractivity contribution >= 4 is 0 Å². The molecule has 0 aliphatic carbocycles. The van der Waals surface area contributed by atoms with Crippen LogP contribution in [0.15, 0.2) is 60.7 Å². The second kappa shape index (κ2) is 12.2. The van der Waals surface area contributed by atoms with E-state index in [1.807, 2.05) is 36.4 Å². The summed E-state index contributed by atoms with van der Waals surface area (Å²) in [6, 6.07) is 20.7. The van der Waals surface area contributed by atoms with Crippen molar-refractivity contribution in [2.75, 3.05) is 0 Å². The molecule has 2 unspecified atom stereocenters. The highest BCUT2D eigenvalue weighted by molar-refractivity contribution is 5.23. The summed E-state index contributed by atoms with van der Waals surface area (Å²) in [7, 11) is 0. The molecule has 0 aliphatic rings. The van der Waals surface area contributed by atoms with Crippen LogP contribution in [-0.4, -0.2) is 11.2 Å². The van der Waals surface area contributed by atoms with Crippen LogP contribution in [0.2, 0.25) is 0 Å². The zero-order valence-electron chi connectivity index (χ0n) is 26.2. The van der Waals surface area contributed by atoms with Crippen molar-refractivity contribution < 1.29 is 19.6 Å². The molecule has 2 rings (SSSR count). The van der Waals surface area contributed by atoms with Gasteiger partial charge in [-0.3, -0.25) is 0 Å². The maximum Gasteiger partial charge on any atom is 0.126 e. The molecule has 4 heteroatoms. The van der Waals surface area contributed by atoms with E-state index in [1.165, 1.54) is 0 Å². The van der Waals surface area contributed by atoms with E-state index in [1.54, 1.807) is 0 Å². The van der Waals surface area contributed by atoms with E-state index < -0.39 is 22.4 Å². The highest BCUT2D eigenvalue weighted by Gasteiger charge is 2.39. The van der Waals surface area contributed by atoms with Crippen molar-refractivity contribution in [3.05, 3.63) is 71.8 Å². The van der Waals surface area contributed by atoms with Crippen LogP contribution in [0.3, 0.4) is 0 Å². The average Bonchev–Trinajstić information content (AvgIpc) is 2.80. The molecule has 0 N–H and O–H groups in total. The summed E-state index contributed by atoms with van der Waals surface area (Å²) in [4.78, 5) is 24.9. The molecule has 0 radical (unpaired) electrons. The number of rotatable bonds is 13. The van der Waals surface area contributed by atoms with Crippen molar-refractivity contribution in [3.63, 3.8) is 0 Å². The highest BCUT2D eigenvalue weighted by Crippen LogP contribution is 2.41. The van der Waals surface area contributed by atoms with Crippen molar-refractivity contribution in [3.8, 4) is 0 Å². The van der Waals surface area contributed by atoms with Crippen LogP contribution in [-0.2, 0) is 30.8 Å². The van der Waals surface area contributed by atoms with Crippen LogP contribution < -0.4 is 0 Å². The third-order valence-electron chi connectivity index (χ3n) is 6.74. The van der Waals surface area contributed by atoms with Gasteiger partial charge in [0.05, 0.1) is 11.2 Å². The molecule has 38 heavy (non-hydrogen) atoms. The minimum absolute atomic E-state index is 0.0731. The molecule has 4 nitrogen and oxygen atoms in total. The second-order valence-corrected chi connectivity index (χ2v) is 15.0. The Bertz CT molecular complexity index is 888. The third-order valence-corrected chi connectivity index (χ3v) is 6.74. The van der Waals surface area contributed by atoms with Gasteiger partial charge in [0.1, 0.15) is 11.2 Å². The lowest BCUT2D eigenvalue weighted by atomic mass is 9.79. The third kappa shape index (κ3) is 10.8. The van der Waals surface area contributed by atoms with Gasteiger partial charge in [0.25, 0.3) is 0 Å². The zero-order valence-corrected chi connectivity index (χ0v) is 26.2. The predicted molar refractivity (Wildman–Crippen MR) is 157 cm³/mol. The molecule has 0 saturated heterocycles. The molecular formula is C34H54O4. The molecular weight excluding hydrogens is 472 g/mol. The van der Waals surface area contributed by atoms with Crippen molar-refractivity contribution in [2.45, 2.75) is 131 Å². The highest BCUT2D eigenvalue weighted by atomic mass is 17.2. The van der Waals surface area contributed by atoms with E-state index >= 15 is 0 Å². The predicted octanol–water partition coefficient (Wildman–Crippen LogP) is 9.92. The second-order valence-electron chi connectivity index (χ2n) is 15.0. The molecule has 0 saturated carbocycles. The summed E-state index contributed by atoms with van der Waals surface area (Å²) in [5.41, 5.74) is 0.231. The molecule has 0 amide bonds. The number of hydrogen-bond donors (Lipinski definition) is 0. The Morgan fingerprint density at radius 3 is 0.974 bits per heavy atom. The van der Waals surface area contributed by atoms with Gasteiger partial charge in [-0.15, -0.1) is 0 Å². The van der Waals surface area contributed by atoms with Crippen LogP contribution in [0.25, 0.3) is 0 Å². The summed E-state index contributed by atoms with van der Waals surface area (Å²) in [6.45, 7) is 25.9. The standard InChI is InChI=1S/C34H54O4/c1-29(2,3)25-33(11,27-19-15-13-16-20-27)37-35-31(7,8)23-24-32(9,10)36-38-34(12,26-30(4,5)6)28-21-17-14-18-22-28/h13-22H,23-26H2,1-12H3. The zero-order chi connectivity index (χ0) is 28.9.